The first-order chi connectivity index (χ1) is 9.29. The average Bonchev–Trinajstić information content (AvgIpc) is 2.43. The van der Waals surface area contributed by atoms with Crippen molar-refractivity contribution in [3.63, 3.8) is 0 Å². The number of hydrogen-bond donors (Lipinski definition) is 2. The van der Waals surface area contributed by atoms with Crippen LogP contribution >= 0.6 is 11.6 Å². The van der Waals surface area contributed by atoms with E-state index in [4.69, 9.17) is 16.3 Å². The van der Waals surface area contributed by atoms with Crippen molar-refractivity contribution in [2.24, 2.45) is 0 Å². The van der Waals surface area contributed by atoms with Crippen LogP contribution in [0.1, 0.15) is 0 Å². The zero-order valence-electron chi connectivity index (χ0n) is 10.7. The summed E-state index contributed by atoms with van der Waals surface area (Å²) in [6.45, 7) is 5.69. The van der Waals surface area contributed by atoms with Crippen LogP contribution in [0.25, 0.3) is 0 Å². The maximum Gasteiger partial charge on any atom is 0.211 e. The predicted molar refractivity (Wildman–Crippen MR) is 75.9 cm³/mol. The number of piperazine rings is 1. The van der Waals surface area contributed by atoms with Gasteiger partial charge in [-0.15, -0.1) is 0 Å². The largest absolute Gasteiger partial charge is 0.491 e. The lowest BCUT2D eigenvalue weighted by atomic mass is 10.3. The van der Waals surface area contributed by atoms with E-state index in [1.165, 1.54) is 0 Å². The van der Waals surface area contributed by atoms with E-state index in [0.29, 0.717) is 29.5 Å². The standard InChI is InChI=1S/C13H18ClN3O2/c14-12-9-11(16-10-18)1-2-13(12)19-8-7-17-5-3-15-4-6-17/h1-2,9-10,15H,3-8H2,(H,16,18). The Hall–Kier alpha value is -1.30. The smallest absolute Gasteiger partial charge is 0.211 e. The minimum Gasteiger partial charge on any atom is -0.491 e. The summed E-state index contributed by atoms with van der Waals surface area (Å²) in [6.07, 6.45) is 0.622. The molecule has 19 heavy (non-hydrogen) atoms. The number of amides is 1. The highest BCUT2D eigenvalue weighted by Crippen LogP contribution is 2.27. The molecule has 0 aromatic heterocycles. The van der Waals surface area contributed by atoms with Gasteiger partial charge in [0.05, 0.1) is 5.02 Å². The number of carbonyl (C=O) groups excluding carboxylic acids is 1. The third-order valence-corrected chi connectivity index (χ3v) is 3.33. The van der Waals surface area contributed by atoms with Crippen LogP contribution in [0.5, 0.6) is 5.75 Å². The molecule has 1 aromatic carbocycles. The zero-order valence-corrected chi connectivity index (χ0v) is 11.4. The molecule has 1 amide bonds. The molecule has 6 heteroatoms. The van der Waals surface area contributed by atoms with Gasteiger partial charge >= 0.3 is 0 Å². The van der Waals surface area contributed by atoms with Gasteiger partial charge < -0.3 is 15.4 Å². The minimum absolute atomic E-state index is 0.507. The van der Waals surface area contributed by atoms with Crippen molar-refractivity contribution >= 4 is 23.7 Å². The summed E-state index contributed by atoms with van der Waals surface area (Å²) in [5.41, 5.74) is 0.662. The number of ether oxygens (including phenoxy) is 1. The van der Waals surface area contributed by atoms with Crippen LogP contribution in [-0.4, -0.2) is 50.6 Å². The molecule has 0 spiro atoms. The quantitative estimate of drug-likeness (QED) is 0.770. The molecular formula is C13H18ClN3O2. The van der Waals surface area contributed by atoms with Crippen LogP contribution in [0.2, 0.25) is 5.02 Å². The van der Waals surface area contributed by atoms with Crippen LogP contribution in [0, 0.1) is 0 Å². The van der Waals surface area contributed by atoms with Crippen molar-refractivity contribution in [1.82, 2.24) is 10.2 Å². The Morgan fingerprint density at radius 2 is 2.21 bits per heavy atom. The van der Waals surface area contributed by atoms with Gasteiger partial charge in [0.15, 0.2) is 0 Å². The van der Waals surface area contributed by atoms with E-state index in [1.54, 1.807) is 18.2 Å². The Labute approximate surface area is 117 Å². The molecule has 0 radical (unpaired) electrons. The second-order valence-electron chi connectivity index (χ2n) is 4.35. The van der Waals surface area contributed by atoms with E-state index in [-0.39, 0.29) is 0 Å². The number of hydrogen-bond acceptors (Lipinski definition) is 4. The molecule has 2 N–H and O–H groups in total. The van der Waals surface area contributed by atoms with Crippen LogP contribution in [0.4, 0.5) is 5.69 Å². The fourth-order valence-electron chi connectivity index (χ4n) is 2.00. The normalized spacial score (nSPS) is 16.1. The summed E-state index contributed by atoms with van der Waals surface area (Å²) in [6, 6.07) is 5.21. The average molecular weight is 284 g/mol. The molecule has 1 aromatic rings. The third-order valence-electron chi connectivity index (χ3n) is 3.03. The Bertz CT molecular complexity index is 422. The summed E-state index contributed by atoms with van der Waals surface area (Å²) in [7, 11) is 0. The van der Waals surface area contributed by atoms with Crippen LogP contribution < -0.4 is 15.4 Å². The highest BCUT2D eigenvalue weighted by molar-refractivity contribution is 6.32. The lowest BCUT2D eigenvalue weighted by Crippen LogP contribution is -2.44. The van der Waals surface area contributed by atoms with Gasteiger partial charge in [-0.2, -0.15) is 0 Å². The number of rotatable bonds is 6. The fourth-order valence-corrected chi connectivity index (χ4v) is 2.23. The molecule has 5 nitrogen and oxygen atoms in total. The molecule has 0 atom stereocenters. The van der Waals surface area contributed by atoms with Crippen LogP contribution in [-0.2, 0) is 4.79 Å². The van der Waals surface area contributed by atoms with E-state index in [9.17, 15) is 4.79 Å². The highest BCUT2D eigenvalue weighted by Gasteiger charge is 2.09. The summed E-state index contributed by atoms with van der Waals surface area (Å²) in [5, 5.41) is 6.37. The second kappa shape index (κ2) is 7.33. The molecule has 104 valence electrons. The van der Waals surface area contributed by atoms with E-state index in [0.717, 1.165) is 32.7 Å². The Morgan fingerprint density at radius 3 is 2.89 bits per heavy atom. The van der Waals surface area contributed by atoms with Crippen molar-refractivity contribution in [1.29, 1.82) is 0 Å². The highest BCUT2D eigenvalue weighted by atomic mass is 35.5. The third kappa shape index (κ3) is 4.38. The van der Waals surface area contributed by atoms with Gasteiger partial charge in [0, 0.05) is 38.4 Å². The topological polar surface area (TPSA) is 53.6 Å². The molecule has 0 aliphatic carbocycles. The van der Waals surface area contributed by atoms with Gasteiger partial charge in [-0.3, -0.25) is 9.69 Å². The molecule has 0 bridgehead atoms. The number of benzene rings is 1. The van der Waals surface area contributed by atoms with E-state index in [1.807, 2.05) is 0 Å². The number of nitrogens with one attached hydrogen (secondary N) is 2. The maximum absolute atomic E-state index is 10.3. The van der Waals surface area contributed by atoms with Crippen molar-refractivity contribution in [3.8, 4) is 5.75 Å². The van der Waals surface area contributed by atoms with E-state index in [2.05, 4.69) is 15.5 Å². The Morgan fingerprint density at radius 1 is 1.42 bits per heavy atom. The maximum atomic E-state index is 10.3. The first-order valence-electron chi connectivity index (χ1n) is 6.35. The van der Waals surface area contributed by atoms with E-state index < -0.39 is 0 Å². The second-order valence-corrected chi connectivity index (χ2v) is 4.75. The SMILES string of the molecule is O=CNc1ccc(OCCN2CCNCC2)c(Cl)c1. The van der Waals surface area contributed by atoms with Crippen molar-refractivity contribution in [3.05, 3.63) is 23.2 Å². The number of carbonyl (C=O) groups is 1. The molecule has 0 unspecified atom stereocenters. The van der Waals surface area contributed by atoms with Gasteiger partial charge in [-0.05, 0) is 18.2 Å². The van der Waals surface area contributed by atoms with Crippen molar-refractivity contribution in [2.45, 2.75) is 0 Å². The monoisotopic (exact) mass is 283 g/mol. The van der Waals surface area contributed by atoms with Crippen molar-refractivity contribution < 1.29 is 9.53 Å². The molecule has 1 fully saturated rings. The van der Waals surface area contributed by atoms with Gasteiger partial charge in [0.25, 0.3) is 0 Å². The molecule has 1 saturated heterocycles. The van der Waals surface area contributed by atoms with Gasteiger partial charge in [0.2, 0.25) is 6.41 Å². The summed E-state index contributed by atoms with van der Waals surface area (Å²) in [5.74, 6) is 0.647. The van der Waals surface area contributed by atoms with E-state index >= 15 is 0 Å². The van der Waals surface area contributed by atoms with Gasteiger partial charge in [-0.1, -0.05) is 11.6 Å². The molecule has 0 saturated carbocycles. The summed E-state index contributed by atoms with van der Waals surface area (Å²) in [4.78, 5) is 12.7. The first-order valence-corrected chi connectivity index (χ1v) is 6.73. The van der Waals surface area contributed by atoms with Gasteiger partial charge in [-0.25, -0.2) is 0 Å². The van der Waals surface area contributed by atoms with Crippen LogP contribution in [0.15, 0.2) is 18.2 Å². The van der Waals surface area contributed by atoms with Crippen LogP contribution in [0.3, 0.4) is 0 Å². The molecule has 2 rings (SSSR count). The Balaban J connectivity index is 1.80. The summed E-state index contributed by atoms with van der Waals surface area (Å²) >= 11 is 6.08. The summed E-state index contributed by atoms with van der Waals surface area (Å²) < 4.78 is 5.66. The number of anilines is 1. The van der Waals surface area contributed by atoms with Gasteiger partial charge in [0.1, 0.15) is 12.4 Å². The minimum atomic E-state index is 0.507. The fraction of sp³-hybridized carbons (Fsp3) is 0.462. The number of halogens is 1. The first kappa shape index (κ1) is 14.1. The lowest BCUT2D eigenvalue weighted by molar-refractivity contribution is -0.105. The molecule has 1 heterocycles. The Kier molecular flexibility index (Phi) is 5.44. The lowest BCUT2D eigenvalue weighted by Gasteiger charge is -2.27. The molecule has 1 aliphatic heterocycles. The number of nitrogens with zero attached hydrogens (tertiary/aromatic N) is 1. The predicted octanol–water partition coefficient (Wildman–Crippen LogP) is 1.19. The zero-order chi connectivity index (χ0) is 13.5. The molecule has 1 aliphatic rings. The van der Waals surface area contributed by atoms with Crippen molar-refractivity contribution in [2.75, 3.05) is 44.6 Å². The molecular weight excluding hydrogens is 266 g/mol.